The Morgan fingerprint density at radius 2 is 1.05 bits per heavy atom. The average Bonchev–Trinajstić information content (AvgIpc) is 2.53. The van der Waals surface area contributed by atoms with Gasteiger partial charge in [-0.05, 0) is 56.9 Å². The molecular formula is C20H20. The van der Waals surface area contributed by atoms with E-state index in [9.17, 15) is 0 Å². The predicted molar refractivity (Wildman–Crippen MR) is 93.0 cm³/mol. The zero-order chi connectivity index (χ0) is 14.5. The van der Waals surface area contributed by atoms with Gasteiger partial charge in [-0.2, -0.15) is 0 Å². The van der Waals surface area contributed by atoms with Gasteiger partial charge in [0.05, 0.1) is 0 Å². The van der Waals surface area contributed by atoms with Crippen molar-refractivity contribution in [3.8, 4) is 0 Å². The van der Waals surface area contributed by atoms with Gasteiger partial charge in [0.25, 0.3) is 0 Å². The van der Waals surface area contributed by atoms with Crippen molar-refractivity contribution in [2.24, 2.45) is 0 Å². The molecule has 0 saturated carbocycles. The van der Waals surface area contributed by atoms with E-state index < -0.39 is 0 Å². The summed E-state index contributed by atoms with van der Waals surface area (Å²) in [5.74, 6) is 0. The fraction of sp³-hybridized carbons (Fsp3) is 0.100. The van der Waals surface area contributed by atoms with Gasteiger partial charge in [0, 0.05) is 0 Å². The second kappa shape index (κ2) is 6.21. The summed E-state index contributed by atoms with van der Waals surface area (Å²) in [6.07, 6.45) is 3.76. The van der Waals surface area contributed by atoms with Crippen molar-refractivity contribution < 1.29 is 0 Å². The van der Waals surface area contributed by atoms with Gasteiger partial charge in [-0.3, -0.25) is 0 Å². The molecule has 0 unspecified atom stereocenters. The second-order valence-corrected chi connectivity index (χ2v) is 4.44. The van der Waals surface area contributed by atoms with Crippen molar-refractivity contribution >= 4 is 33.7 Å². The minimum absolute atomic E-state index is 1.13. The Balaban J connectivity index is 0.000000704. The minimum Gasteiger partial charge on any atom is -0.0984 e. The SMILES string of the molecule is C=Cc1cc2cc3ccccc3cc2cc1C=C.CC. The molecule has 0 fully saturated rings. The normalized spacial score (nSPS) is 9.90. The molecule has 0 bridgehead atoms. The van der Waals surface area contributed by atoms with E-state index in [-0.39, 0.29) is 0 Å². The van der Waals surface area contributed by atoms with Crippen LogP contribution in [-0.4, -0.2) is 0 Å². The van der Waals surface area contributed by atoms with E-state index >= 15 is 0 Å². The van der Waals surface area contributed by atoms with Crippen LogP contribution in [0.15, 0.2) is 61.7 Å². The van der Waals surface area contributed by atoms with Crippen molar-refractivity contribution in [1.82, 2.24) is 0 Å². The van der Waals surface area contributed by atoms with Gasteiger partial charge in [0.2, 0.25) is 0 Å². The second-order valence-electron chi connectivity index (χ2n) is 4.44. The molecule has 0 heterocycles. The summed E-state index contributed by atoms with van der Waals surface area (Å²) in [5, 5.41) is 5.03. The van der Waals surface area contributed by atoms with Crippen molar-refractivity contribution in [1.29, 1.82) is 0 Å². The molecule has 0 aliphatic rings. The molecular weight excluding hydrogens is 240 g/mol. The number of rotatable bonds is 2. The molecule has 3 aromatic carbocycles. The molecule has 3 rings (SSSR count). The molecule has 0 radical (unpaired) electrons. The summed E-state index contributed by atoms with van der Waals surface area (Å²) >= 11 is 0. The Morgan fingerprint density at radius 1 is 0.650 bits per heavy atom. The lowest BCUT2D eigenvalue weighted by atomic mass is 9.98. The molecule has 0 nitrogen and oxygen atoms in total. The molecule has 0 aliphatic heterocycles. The van der Waals surface area contributed by atoms with E-state index in [1.54, 1.807) is 0 Å². The lowest BCUT2D eigenvalue weighted by Gasteiger charge is -2.07. The minimum atomic E-state index is 1.13. The van der Waals surface area contributed by atoms with Gasteiger partial charge in [0.1, 0.15) is 0 Å². The molecule has 3 aromatic rings. The van der Waals surface area contributed by atoms with Gasteiger partial charge < -0.3 is 0 Å². The van der Waals surface area contributed by atoms with Crippen LogP contribution in [-0.2, 0) is 0 Å². The zero-order valence-electron chi connectivity index (χ0n) is 12.2. The highest BCUT2D eigenvalue weighted by Gasteiger charge is 2.02. The molecule has 0 atom stereocenters. The van der Waals surface area contributed by atoms with Gasteiger partial charge in [-0.15, -0.1) is 0 Å². The molecule has 100 valence electrons. The average molecular weight is 260 g/mol. The smallest absolute Gasteiger partial charge is 0.0171 e. The lowest BCUT2D eigenvalue weighted by Crippen LogP contribution is -1.83. The summed E-state index contributed by atoms with van der Waals surface area (Å²) in [5.41, 5.74) is 2.26. The Morgan fingerprint density at radius 3 is 1.40 bits per heavy atom. The molecule has 0 saturated heterocycles. The van der Waals surface area contributed by atoms with Gasteiger partial charge in [-0.25, -0.2) is 0 Å². The van der Waals surface area contributed by atoms with Crippen molar-refractivity contribution in [3.05, 3.63) is 72.8 Å². The van der Waals surface area contributed by atoms with E-state index in [0.29, 0.717) is 0 Å². The maximum Gasteiger partial charge on any atom is -0.0171 e. The molecule has 0 N–H and O–H groups in total. The summed E-state index contributed by atoms with van der Waals surface area (Å²) in [4.78, 5) is 0. The van der Waals surface area contributed by atoms with Crippen LogP contribution in [0.1, 0.15) is 25.0 Å². The van der Waals surface area contributed by atoms with E-state index in [1.165, 1.54) is 21.5 Å². The monoisotopic (exact) mass is 260 g/mol. The third kappa shape index (κ3) is 2.50. The highest BCUT2D eigenvalue weighted by molar-refractivity contribution is 6.00. The molecule has 0 amide bonds. The third-order valence-electron chi connectivity index (χ3n) is 3.35. The largest absolute Gasteiger partial charge is 0.0984 e. The number of fused-ring (bicyclic) bond motifs is 2. The molecule has 20 heavy (non-hydrogen) atoms. The fourth-order valence-corrected chi connectivity index (χ4v) is 2.38. The molecule has 0 spiro atoms. The van der Waals surface area contributed by atoms with Gasteiger partial charge in [-0.1, -0.05) is 63.4 Å². The fourth-order valence-electron chi connectivity index (χ4n) is 2.38. The van der Waals surface area contributed by atoms with Crippen molar-refractivity contribution in [3.63, 3.8) is 0 Å². The summed E-state index contributed by atoms with van der Waals surface area (Å²) in [6.45, 7) is 11.7. The third-order valence-corrected chi connectivity index (χ3v) is 3.35. The first kappa shape index (κ1) is 14.1. The van der Waals surface area contributed by atoms with Crippen LogP contribution in [0.2, 0.25) is 0 Å². The topological polar surface area (TPSA) is 0 Å². The summed E-state index contributed by atoms with van der Waals surface area (Å²) < 4.78 is 0. The Kier molecular flexibility index (Phi) is 4.37. The standard InChI is InChI=1S/C18H14.C2H6/c1-3-13-9-17-11-15-7-5-6-8-16(15)12-18(17)10-14(13)4-2;1-2/h3-12H,1-2H2;1-2H3. The van der Waals surface area contributed by atoms with Crippen molar-refractivity contribution in [2.75, 3.05) is 0 Å². The van der Waals surface area contributed by atoms with Gasteiger partial charge in [0.15, 0.2) is 0 Å². The molecule has 0 aliphatic carbocycles. The van der Waals surface area contributed by atoms with Gasteiger partial charge >= 0.3 is 0 Å². The van der Waals surface area contributed by atoms with E-state index in [1.807, 2.05) is 26.0 Å². The van der Waals surface area contributed by atoms with Crippen LogP contribution in [0.5, 0.6) is 0 Å². The first-order chi connectivity index (χ1) is 9.81. The van der Waals surface area contributed by atoms with E-state index in [2.05, 4.69) is 61.7 Å². The van der Waals surface area contributed by atoms with Crippen LogP contribution < -0.4 is 0 Å². The highest BCUT2D eigenvalue weighted by atomic mass is 14.1. The summed E-state index contributed by atoms with van der Waals surface area (Å²) in [6, 6.07) is 17.2. The number of hydrogen-bond acceptors (Lipinski definition) is 0. The number of hydrogen-bond donors (Lipinski definition) is 0. The zero-order valence-corrected chi connectivity index (χ0v) is 12.2. The van der Waals surface area contributed by atoms with E-state index in [0.717, 1.165) is 11.1 Å². The lowest BCUT2D eigenvalue weighted by molar-refractivity contribution is 1.50. The van der Waals surface area contributed by atoms with Crippen LogP contribution in [0.25, 0.3) is 33.7 Å². The van der Waals surface area contributed by atoms with Crippen LogP contribution >= 0.6 is 0 Å². The first-order valence-electron chi connectivity index (χ1n) is 7.03. The molecule has 0 aromatic heterocycles. The Labute approximate surface area is 121 Å². The van der Waals surface area contributed by atoms with Crippen LogP contribution in [0.4, 0.5) is 0 Å². The quantitative estimate of drug-likeness (QED) is 0.474. The Bertz CT molecular complexity index is 697. The van der Waals surface area contributed by atoms with Crippen LogP contribution in [0, 0.1) is 0 Å². The Hall–Kier alpha value is -2.34. The maximum absolute atomic E-state index is 3.86. The maximum atomic E-state index is 3.86. The highest BCUT2D eigenvalue weighted by Crippen LogP contribution is 2.26. The predicted octanol–water partition coefficient (Wildman–Crippen LogP) is 6.31. The first-order valence-corrected chi connectivity index (χ1v) is 7.03. The number of benzene rings is 3. The van der Waals surface area contributed by atoms with Crippen molar-refractivity contribution in [2.45, 2.75) is 13.8 Å². The van der Waals surface area contributed by atoms with Crippen LogP contribution in [0.3, 0.4) is 0 Å². The van der Waals surface area contributed by atoms with E-state index in [4.69, 9.17) is 0 Å². The summed E-state index contributed by atoms with van der Waals surface area (Å²) in [7, 11) is 0. The molecule has 0 heteroatoms.